The quantitative estimate of drug-likeness (QED) is 0.918. The molecular formula is C14H14ClFN2. The molecule has 0 saturated carbocycles. The summed E-state index contributed by atoms with van der Waals surface area (Å²) in [6.07, 6.45) is 2.80. The lowest BCUT2D eigenvalue weighted by Crippen LogP contribution is -2.19. The SMILES string of the molecule is CNC(c1cc(C)cc(Cl)c1)c1ccncc1F. The lowest BCUT2D eigenvalue weighted by atomic mass is 9.98. The second-order valence-corrected chi connectivity index (χ2v) is 4.62. The third-order valence-corrected chi connectivity index (χ3v) is 3.02. The Hall–Kier alpha value is -1.45. The van der Waals surface area contributed by atoms with E-state index in [1.807, 2.05) is 25.1 Å². The van der Waals surface area contributed by atoms with Gasteiger partial charge in [0.05, 0.1) is 12.2 Å². The summed E-state index contributed by atoms with van der Waals surface area (Å²) >= 11 is 6.04. The van der Waals surface area contributed by atoms with E-state index in [1.54, 1.807) is 19.3 Å². The van der Waals surface area contributed by atoms with E-state index in [0.717, 1.165) is 11.1 Å². The minimum Gasteiger partial charge on any atom is -0.309 e. The lowest BCUT2D eigenvalue weighted by molar-refractivity contribution is 0.570. The summed E-state index contributed by atoms with van der Waals surface area (Å²) < 4.78 is 13.8. The first kappa shape index (κ1) is 13.0. The summed E-state index contributed by atoms with van der Waals surface area (Å²) in [7, 11) is 1.79. The van der Waals surface area contributed by atoms with Gasteiger partial charge in [0, 0.05) is 16.8 Å². The molecule has 2 nitrogen and oxygen atoms in total. The van der Waals surface area contributed by atoms with Gasteiger partial charge < -0.3 is 5.32 Å². The Labute approximate surface area is 111 Å². The van der Waals surface area contributed by atoms with E-state index in [-0.39, 0.29) is 11.9 Å². The largest absolute Gasteiger partial charge is 0.309 e. The normalized spacial score (nSPS) is 12.4. The third kappa shape index (κ3) is 2.68. The smallest absolute Gasteiger partial charge is 0.146 e. The molecule has 0 amide bonds. The molecule has 0 spiro atoms. The van der Waals surface area contributed by atoms with Crippen LogP contribution in [0, 0.1) is 12.7 Å². The van der Waals surface area contributed by atoms with Gasteiger partial charge in [-0.2, -0.15) is 0 Å². The number of nitrogens with zero attached hydrogens (tertiary/aromatic N) is 1. The van der Waals surface area contributed by atoms with Crippen LogP contribution in [0.2, 0.25) is 5.02 Å². The highest BCUT2D eigenvalue weighted by Crippen LogP contribution is 2.26. The number of rotatable bonds is 3. The predicted molar refractivity (Wildman–Crippen MR) is 71.3 cm³/mol. The van der Waals surface area contributed by atoms with Gasteiger partial charge in [0.15, 0.2) is 0 Å². The van der Waals surface area contributed by atoms with Gasteiger partial charge in [-0.3, -0.25) is 4.98 Å². The number of aromatic nitrogens is 1. The number of halogens is 2. The third-order valence-electron chi connectivity index (χ3n) is 2.80. The van der Waals surface area contributed by atoms with Crippen LogP contribution in [0.15, 0.2) is 36.7 Å². The Morgan fingerprint density at radius 1 is 1.33 bits per heavy atom. The zero-order valence-corrected chi connectivity index (χ0v) is 11.0. The maximum absolute atomic E-state index is 13.8. The highest BCUT2D eigenvalue weighted by molar-refractivity contribution is 6.30. The Morgan fingerprint density at radius 3 is 2.72 bits per heavy atom. The summed E-state index contributed by atoms with van der Waals surface area (Å²) in [5, 5.41) is 3.76. The van der Waals surface area contributed by atoms with Crippen molar-refractivity contribution in [2.75, 3.05) is 7.05 Å². The van der Waals surface area contributed by atoms with E-state index >= 15 is 0 Å². The van der Waals surface area contributed by atoms with Crippen LogP contribution in [-0.4, -0.2) is 12.0 Å². The summed E-state index contributed by atoms with van der Waals surface area (Å²) in [5.41, 5.74) is 2.55. The zero-order valence-electron chi connectivity index (χ0n) is 10.2. The van der Waals surface area contributed by atoms with Gasteiger partial charge in [0.25, 0.3) is 0 Å². The Balaban J connectivity index is 2.48. The first-order valence-corrected chi connectivity index (χ1v) is 6.03. The van der Waals surface area contributed by atoms with E-state index < -0.39 is 0 Å². The van der Waals surface area contributed by atoms with Crippen molar-refractivity contribution >= 4 is 11.6 Å². The van der Waals surface area contributed by atoms with Gasteiger partial charge in [0.1, 0.15) is 5.82 Å². The standard InChI is InChI=1S/C14H14ClFN2/c1-9-5-10(7-11(15)6-9)14(17-2)12-3-4-18-8-13(12)16/h3-8,14,17H,1-2H3. The van der Waals surface area contributed by atoms with Crippen LogP contribution in [0.1, 0.15) is 22.7 Å². The van der Waals surface area contributed by atoms with Gasteiger partial charge in [-0.05, 0) is 43.3 Å². The minimum atomic E-state index is -0.325. The van der Waals surface area contributed by atoms with Crippen LogP contribution < -0.4 is 5.32 Å². The highest BCUT2D eigenvalue weighted by atomic mass is 35.5. The number of nitrogens with one attached hydrogen (secondary N) is 1. The van der Waals surface area contributed by atoms with Crippen molar-refractivity contribution in [3.63, 3.8) is 0 Å². The fraction of sp³-hybridized carbons (Fsp3) is 0.214. The van der Waals surface area contributed by atoms with Gasteiger partial charge >= 0.3 is 0 Å². The van der Waals surface area contributed by atoms with Crippen molar-refractivity contribution in [1.82, 2.24) is 10.3 Å². The molecular weight excluding hydrogens is 251 g/mol. The molecule has 1 aromatic heterocycles. The zero-order chi connectivity index (χ0) is 13.1. The van der Waals surface area contributed by atoms with Crippen molar-refractivity contribution in [2.45, 2.75) is 13.0 Å². The first-order valence-electron chi connectivity index (χ1n) is 5.65. The van der Waals surface area contributed by atoms with E-state index in [1.165, 1.54) is 6.20 Å². The molecule has 1 N–H and O–H groups in total. The molecule has 2 rings (SSSR count). The van der Waals surface area contributed by atoms with E-state index in [9.17, 15) is 4.39 Å². The van der Waals surface area contributed by atoms with Gasteiger partial charge in [-0.1, -0.05) is 17.7 Å². The molecule has 1 atom stereocenters. The molecule has 0 saturated heterocycles. The highest BCUT2D eigenvalue weighted by Gasteiger charge is 2.16. The summed E-state index contributed by atoms with van der Waals surface area (Å²) in [6.45, 7) is 1.96. The molecule has 0 aliphatic heterocycles. The minimum absolute atomic E-state index is 0.231. The molecule has 18 heavy (non-hydrogen) atoms. The van der Waals surface area contributed by atoms with Crippen LogP contribution in [0.25, 0.3) is 0 Å². The fourth-order valence-corrected chi connectivity index (χ4v) is 2.35. The molecule has 2 aromatic rings. The average molecular weight is 265 g/mol. The predicted octanol–water partition coefficient (Wildman–Crippen LogP) is 3.49. The molecule has 0 aliphatic rings. The van der Waals surface area contributed by atoms with Crippen molar-refractivity contribution in [3.8, 4) is 0 Å². The van der Waals surface area contributed by atoms with Crippen LogP contribution in [0.3, 0.4) is 0 Å². The topological polar surface area (TPSA) is 24.9 Å². The Bertz CT molecular complexity index is 537. The maximum Gasteiger partial charge on any atom is 0.146 e. The monoisotopic (exact) mass is 264 g/mol. The summed E-state index contributed by atoms with van der Waals surface area (Å²) in [4.78, 5) is 3.76. The molecule has 4 heteroatoms. The molecule has 1 heterocycles. The number of pyridine rings is 1. The number of hydrogen-bond donors (Lipinski definition) is 1. The molecule has 94 valence electrons. The van der Waals surface area contributed by atoms with Gasteiger partial charge in [0.2, 0.25) is 0 Å². The summed E-state index contributed by atoms with van der Waals surface area (Å²) in [5.74, 6) is -0.325. The lowest BCUT2D eigenvalue weighted by Gasteiger charge is -2.18. The number of hydrogen-bond acceptors (Lipinski definition) is 2. The molecule has 1 unspecified atom stereocenters. The first-order chi connectivity index (χ1) is 8.61. The van der Waals surface area contributed by atoms with Gasteiger partial charge in [-0.25, -0.2) is 4.39 Å². The Kier molecular flexibility index (Phi) is 3.94. The number of benzene rings is 1. The maximum atomic E-state index is 13.8. The average Bonchev–Trinajstić information content (AvgIpc) is 2.31. The Morgan fingerprint density at radius 2 is 2.11 bits per heavy atom. The summed E-state index contributed by atoms with van der Waals surface area (Å²) in [6, 6.07) is 7.15. The van der Waals surface area contributed by atoms with Crippen molar-refractivity contribution in [1.29, 1.82) is 0 Å². The fourth-order valence-electron chi connectivity index (χ4n) is 2.05. The van der Waals surface area contributed by atoms with Gasteiger partial charge in [-0.15, -0.1) is 0 Å². The second-order valence-electron chi connectivity index (χ2n) is 4.18. The van der Waals surface area contributed by atoms with Crippen LogP contribution in [0.5, 0.6) is 0 Å². The molecule has 0 aliphatic carbocycles. The van der Waals surface area contributed by atoms with Crippen LogP contribution in [-0.2, 0) is 0 Å². The van der Waals surface area contributed by atoms with Crippen molar-refractivity contribution < 1.29 is 4.39 Å². The molecule has 1 aromatic carbocycles. The van der Waals surface area contributed by atoms with Crippen molar-refractivity contribution in [2.24, 2.45) is 0 Å². The second kappa shape index (κ2) is 5.46. The van der Waals surface area contributed by atoms with Crippen molar-refractivity contribution in [3.05, 3.63) is 64.2 Å². The van der Waals surface area contributed by atoms with E-state index in [2.05, 4.69) is 10.3 Å². The molecule has 0 radical (unpaired) electrons. The van der Waals surface area contributed by atoms with E-state index in [0.29, 0.717) is 10.6 Å². The molecule has 0 bridgehead atoms. The van der Waals surface area contributed by atoms with Crippen LogP contribution in [0.4, 0.5) is 4.39 Å². The molecule has 0 fully saturated rings. The number of aryl methyl sites for hydroxylation is 1. The van der Waals surface area contributed by atoms with E-state index in [4.69, 9.17) is 11.6 Å². The van der Waals surface area contributed by atoms with Crippen LogP contribution >= 0.6 is 11.6 Å².